The highest BCUT2D eigenvalue weighted by molar-refractivity contribution is 5.76. The molecule has 0 bridgehead atoms. The third kappa shape index (κ3) is 3.32. The molecule has 1 atom stereocenters. The van der Waals surface area contributed by atoms with Crippen LogP contribution in [0.5, 0.6) is 0 Å². The molecule has 100 valence electrons. The molecule has 5 nitrogen and oxygen atoms in total. The van der Waals surface area contributed by atoms with Crippen LogP contribution in [0.3, 0.4) is 0 Å². The molecule has 1 aliphatic carbocycles. The Kier molecular flexibility index (Phi) is 4.36. The van der Waals surface area contributed by atoms with E-state index in [1.54, 1.807) is 12.4 Å². The average Bonchev–Trinajstić information content (AvgIpc) is 2.79. The Hall–Kier alpha value is -1.36. The molecule has 1 fully saturated rings. The second-order valence-corrected chi connectivity index (χ2v) is 4.88. The smallest absolute Gasteiger partial charge is 0.220 e. The van der Waals surface area contributed by atoms with Crippen molar-refractivity contribution in [2.75, 3.05) is 6.61 Å². The molecule has 18 heavy (non-hydrogen) atoms. The zero-order chi connectivity index (χ0) is 13.0. The van der Waals surface area contributed by atoms with Crippen LogP contribution in [0.2, 0.25) is 0 Å². The molecule has 0 radical (unpaired) electrons. The molecule has 1 amide bonds. The summed E-state index contributed by atoms with van der Waals surface area (Å²) in [4.78, 5) is 19.0. The normalized spacial score (nSPS) is 24.3. The number of amides is 1. The molecule has 2 rings (SSSR count). The molecule has 0 aromatic carbocycles. The second-order valence-electron chi connectivity index (χ2n) is 4.88. The molecular weight excluding hydrogens is 230 g/mol. The van der Waals surface area contributed by atoms with Gasteiger partial charge in [-0.2, -0.15) is 0 Å². The molecule has 1 aliphatic rings. The van der Waals surface area contributed by atoms with E-state index in [-0.39, 0.29) is 11.9 Å². The van der Waals surface area contributed by atoms with Gasteiger partial charge in [-0.25, -0.2) is 4.98 Å². The van der Waals surface area contributed by atoms with E-state index in [0.29, 0.717) is 18.4 Å². The first-order valence-electron chi connectivity index (χ1n) is 6.59. The molecule has 1 unspecified atom stereocenters. The Balaban J connectivity index is 1.67. The van der Waals surface area contributed by atoms with E-state index in [9.17, 15) is 4.79 Å². The fraction of sp³-hybridized carbons (Fsp3) is 0.692. The maximum absolute atomic E-state index is 11.8. The Morgan fingerprint density at radius 2 is 2.44 bits per heavy atom. The van der Waals surface area contributed by atoms with Crippen LogP contribution in [0.15, 0.2) is 12.4 Å². The van der Waals surface area contributed by atoms with Crippen LogP contribution in [0.4, 0.5) is 0 Å². The van der Waals surface area contributed by atoms with Gasteiger partial charge in [0, 0.05) is 25.4 Å². The van der Waals surface area contributed by atoms with Gasteiger partial charge in [-0.3, -0.25) is 4.79 Å². The minimum atomic E-state index is -0.0599. The SMILES string of the molecule is CCOC1CC(CC(=O)NC(C)c2ncc[nH]2)C1. The van der Waals surface area contributed by atoms with Crippen molar-refractivity contribution in [3.05, 3.63) is 18.2 Å². The number of hydrogen-bond acceptors (Lipinski definition) is 3. The van der Waals surface area contributed by atoms with E-state index < -0.39 is 0 Å². The van der Waals surface area contributed by atoms with E-state index >= 15 is 0 Å². The van der Waals surface area contributed by atoms with Crippen molar-refractivity contribution >= 4 is 5.91 Å². The third-order valence-electron chi connectivity index (χ3n) is 3.38. The Morgan fingerprint density at radius 3 is 3.06 bits per heavy atom. The summed E-state index contributed by atoms with van der Waals surface area (Å²) in [5.74, 6) is 1.37. The second kappa shape index (κ2) is 6.00. The summed E-state index contributed by atoms with van der Waals surface area (Å²) in [5, 5.41) is 2.95. The van der Waals surface area contributed by atoms with Crippen molar-refractivity contribution in [2.45, 2.75) is 45.3 Å². The lowest BCUT2D eigenvalue weighted by Crippen LogP contribution is -2.36. The number of aromatic amines is 1. The molecule has 1 aromatic rings. The number of H-pyrrole nitrogens is 1. The molecule has 1 aromatic heterocycles. The molecule has 0 saturated heterocycles. The average molecular weight is 251 g/mol. The van der Waals surface area contributed by atoms with Gasteiger partial charge in [0.05, 0.1) is 12.1 Å². The van der Waals surface area contributed by atoms with Gasteiger partial charge >= 0.3 is 0 Å². The predicted octanol–water partition coefficient (Wildman–Crippen LogP) is 1.79. The standard InChI is InChI=1S/C13H21N3O2/c1-3-18-11-6-10(7-11)8-12(17)16-9(2)13-14-4-5-15-13/h4-5,9-11H,3,6-8H2,1-2H3,(H,14,15)(H,16,17). The van der Waals surface area contributed by atoms with Crippen LogP contribution in [-0.4, -0.2) is 28.6 Å². The van der Waals surface area contributed by atoms with Crippen LogP contribution in [-0.2, 0) is 9.53 Å². The third-order valence-corrected chi connectivity index (χ3v) is 3.38. The molecular formula is C13H21N3O2. The highest BCUT2D eigenvalue weighted by Gasteiger charge is 2.31. The number of nitrogens with zero attached hydrogens (tertiary/aromatic N) is 1. The number of rotatable bonds is 6. The zero-order valence-electron chi connectivity index (χ0n) is 11.0. The number of hydrogen-bond donors (Lipinski definition) is 2. The molecule has 2 N–H and O–H groups in total. The van der Waals surface area contributed by atoms with Crippen LogP contribution < -0.4 is 5.32 Å². The Bertz CT molecular complexity index is 372. The minimum Gasteiger partial charge on any atom is -0.378 e. The topological polar surface area (TPSA) is 67.0 Å². The largest absolute Gasteiger partial charge is 0.378 e. The van der Waals surface area contributed by atoms with Gasteiger partial charge in [-0.1, -0.05) is 0 Å². The fourth-order valence-electron chi connectivity index (χ4n) is 2.36. The Labute approximate surface area is 107 Å². The molecule has 0 spiro atoms. The van der Waals surface area contributed by atoms with Gasteiger partial charge in [0.15, 0.2) is 0 Å². The summed E-state index contributed by atoms with van der Waals surface area (Å²) in [6.07, 6.45) is 6.43. The van der Waals surface area contributed by atoms with E-state index in [1.807, 2.05) is 13.8 Å². The number of ether oxygens (including phenoxy) is 1. The van der Waals surface area contributed by atoms with Crippen molar-refractivity contribution in [1.29, 1.82) is 0 Å². The molecule has 5 heteroatoms. The highest BCUT2D eigenvalue weighted by Crippen LogP contribution is 2.32. The van der Waals surface area contributed by atoms with Crippen molar-refractivity contribution in [2.24, 2.45) is 5.92 Å². The van der Waals surface area contributed by atoms with Crippen molar-refractivity contribution in [1.82, 2.24) is 15.3 Å². The monoisotopic (exact) mass is 251 g/mol. The summed E-state index contributed by atoms with van der Waals surface area (Å²) in [7, 11) is 0. The number of imidazole rings is 1. The van der Waals surface area contributed by atoms with E-state index in [2.05, 4.69) is 15.3 Å². The number of carbonyl (C=O) groups is 1. The number of aromatic nitrogens is 2. The van der Waals surface area contributed by atoms with Gasteiger partial charge in [0.1, 0.15) is 5.82 Å². The first-order chi connectivity index (χ1) is 8.69. The van der Waals surface area contributed by atoms with Gasteiger partial charge in [-0.05, 0) is 32.6 Å². The fourth-order valence-corrected chi connectivity index (χ4v) is 2.36. The molecule has 1 heterocycles. The summed E-state index contributed by atoms with van der Waals surface area (Å²) < 4.78 is 5.48. The Morgan fingerprint density at radius 1 is 1.67 bits per heavy atom. The number of carbonyl (C=O) groups excluding carboxylic acids is 1. The zero-order valence-corrected chi connectivity index (χ0v) is 11.0. The van der Waals surface area contributed by atoms with Crippen molar-refractivity contribution in [3.8, 4) is 0 Å². The first-order valence-corrected chi connectivity index (χ1v) is 6.59. The van der Waals surface area contributed by atoms with Crippen LogP contribution in [0, 0.1) is 5.92 Å². The first kappa shape index (κ1) is 13.1. The maximum Gasteiger partial charge on any atom is 0.220 e. The molecule has 0 aliphatic heterocycles. The van der Waals surface area contributed by atoms with Gasteiger partial charge in [0.25, 0.3) is 0 Å². The van der Waals surface area contributed by atoms with Gasteiger partial charge < -0.3 is 15.0 Å². The summed E-state index contributed by atoms with van der Waals surface area (Å²) in [6, 6.07) is -0.0599. The van der Waals surface area contributed by atoms with Crippen LogP contribution in [0.1, 0.15) is 45.0 Å². The lowest BCUT2D eigenvalue weighted by molar-refractivity contribution is -0.125. The predicted molar refractivity (Wildman–Crippen MR) is 67.9 cm³/mol. The molecule has 1 saturated carbocycles. The lowest BCUT2D eigenvalue weighted by Gasteiger charge is -2.34. The summed E-state index contributed by atoms with van der Waals surface area (Å²) in [6.45, 7) is 4.70. The van der Waals surface area contributed by atoms with E-state index in [1.165, 1.54) is 0 Å². The quantitative estimate of drug-likeness (QED) is 0.810. The van der Waals surface area contributed by atoms with E-state index in [0.717, 1.165) is 25.3 Å². The number of nitrogens with one attached hydrogen (secondary N) is 2. The van der Waals surface area contributed by atoms with Crippen LogP contribution in [0.25, 0.3) is 0 Å². The van der Waals surface area contributed by atoms with Gasteiger partial charge in [-0.15, -0.1) is 0 Å². The van der Waals surface area contributed by atoms with Gasteiger partial charge in [0.2, 0.25) is 5.91 Å². The minimum absolute atomic E-state index is 0.0599. The van der Waals surface area contributed by atoms with E-state index in [4.69, 9.17) is 4.74 Å². The lowest BCUT2D eigenvalue weighted by atomic mass is 9.80. The maximum atomic E-state index is 11.8. The summed E-state index contributed by atoms with van der Waals surface area (Å²) in [5.41, 5.74) is 0. The summed E-state index contributed by atoms with van der Waals surface area (Å²) >= 11 is 0. The van der Waals surface area contributed by atoms with Crippen LogP contribution >= 0.6 is 0 Å². The van der Waals surface area contributed by atoms with Crippen molar-refractivity contribution in [3.63, 3.8) is 0 Å². The highest BCUT2D eigenvalue weighted by atomic mass is 16.5. The van der Waals surface area contributed by atoms with Crippen molar-refractivity contribution < 1.29 is 9.53 Å².